The van der Waals surface area contributed by atoms with Gasteiger partial charge >= 0.3 is 0 Å². The van der Waals surface area contributed by atoms with Crippen LogP contribution in [0.4, 0.5) is 10.4 Å². The van der Waals surface area contributed by atoms with Crippen LogP contribution in [0.15, 0.2) is 89.9 Å². The van der Waals surface area contributed by atoms with Gasteiger partial charge in [0.2, 0.25) is 0 Å². The SMILES string of the molecule is O=C(c1ccc2oc(NCc3cccc(Cl)c3)nc2c1)N(CCCn1ccnc1)Cc1ccc(F)cc1. The van der Waals surface area contributed by atoms with E-state index < -0.39 is 0 Å². The molecule has 0 aliphatic heterocycles. The number of rotatable bonds is 10. The van der Waals surface area contributed by atoms with E-state index in [0.29, 0.717) is 47.3 Å². The average Bonchev–Trinajstić information content (AvgIpc) is 3.57. The highest BCUT2D eigenvalue weighted by Gasteiger charge is 2.18. The van der Waals surface area contributed by atoms with Crippen molar-refractivity contribution in [1.29, 1.82) is 0 Å². The van der Waals surface area contributed by atoms with Crippen LogP contribution >= 0.6 is 11.6 Å². The standard InChI is InChI=1S/C28H25ClFN5O2/c29-23-4-1-3-21(15-23)17-32-28-33-25-16-22(7-10-26(25)37-28)27(36)35(13-2-12-34-14-11-31-19-34)18-20-5-8-24(30)9-6-20/h1,3-11,14-16,19H,2,12-13,17-18H2,(H,32,33). The Bertz CT molecular complexity index is 1480. The molecular weight excluding hydrogens is 493 g/mol. The Morgan fingerprint density at radius 3 is 2.73 bits per heavy atom. The minimum Gasteiger partial charge on any atom is -0.424 e. The summed E-state index contributed by atoms with van der Waals surface area (Å²) >= 11 is 6.06. The first kappa shape index (κ1) is 24.5. The quantitative estimate of drug-likeness (QED) is 0.240. The number of hydrogen-bond acceptors (Lipinski definition) is 5. The minimum atomic E-state index is -0.307. The van der Waals surface area contributed by atoms with E-state index in [1.165, 1.54) is 12.1 Å². The van der Waals surface area contributed by atoms with Crippen LogP contribution in [0.25, 0.3) is 11.1 Å². The molecule has 5 rings (SSSR count). The van der Waals surface area contributed by atoms with Gasteiger partial charge < -0.3 is 19.2 Å². The molecule has 0 saturated heterocycles. The fraction of sp³-hybridized carbons (Fsp3) is 0.179. The van der Waals surface area contributed by atoms with Crippen LogP contribution in [0, 0.1) is 5.82 Å². The summed E-state index contributed by atoms with van der Waals surface area (Å²) < 4.78 is 21.2. The van der Waals surface area contributed by atoms with Crippen LogP contribution in [0.5, 0.6) is 0 Å². The van der Waals surface area contributed by atoms with Crippen molar-refractivity contribution >= 4 is 34.6 Å². The minimum absolute atomic E-state index is 0.131. The van der Waals surface area contributed by atoms with Crippen molar-refractivity contribution in [3.63, 3.8) is 0 Å². The van der Waals surface area contributed by atoms with Gasteiger partial charge in [0.1, 0.15) is 11.3 Å². The molecule has 0 spiro atoms. The van der Waals surface area contributed by atoms with Gasteiger partial charge in [-0.1, -0.05) is 35.9 Å². The summed E-state index contributed by atoms with van der Waals surface area (Å²) in [6.45, 7) is 2.13. The van der Waals surface area contributed by atoms with Gasteiger partial charge in [-0.15, -0.1) is 0 Å². The molecular formula is C28H25ClFN5O2. The molecule has 188 valence electrons. The number of fused-ring (bicyclic) bond motifs is 1. The molecule has 0 aliphatic rings. The van der Waals surface area contributed by atoms with E-state index in [0.717, 1.165) is 24.1 Å². The number of aryl methyl sites for hydroxylation is 1. The van der Waals surface area contributed by atoms with Crippen LogP contribution < -0.4 is 5.32 Å². The van der Waals surface area contributed by atoms with Gasteiger partial charge in [0.25, 0.3) is 11.9 Å². The van der Waals surface area contributed by atoms with Crippen molar-refractivity contribution in [1.82, 2.24) is 19.4 Å². The predicted octanol–water partition coefficient (Wildman–Crippen LogP) is 6.16. The lowest BCUT2D eigenvalue weighted by molar-refractivity contribution is 0.0739. The second kappa shape index (κ2) is 11.3. The second-order valence-electron chi connectivity index (χ2n) is 8.69. The van der Waals surface area contributed by atoms with Crippen molar-refractivity contribution in [2.45, 2.75) is 26.1 Å². The number of imidazole rings is 1. The van der Waals surface area contributed by atoms with Crippen LogP contribution in [0.2, 0.25) is 5.02 Å². The number of carbonyl (C=O) groups is 1. The van der Waals surface area contributed by atoms with Gasteiger partial charge in [0.15, 0.2) is 5.58 Å². The zero-order chi connectivity index (χ0) is 25.6. The molecule has 9 heteroatoms. The first-order chi connectivity index (χ1) is 18.0. The third-order valence-corrected chi connectivity index (χ3v) is 6.18. The third-order valence-electron chi connectivity index (χ3n) is 5.94. The Morgan fingerprint density at radius 1 is 1.08 bits per heavy atom. The Kier molecular flexibility index (Phi) is 7.46. The van der Waals surface area contributed by atoms with E-state index in [2.05, 4.69) is 15.3 Å². The van der Waals surface area contributed by atoms with Gasteiger partial charge in [0.05, 0.1) is 6.33 Å². The number of aromatic nitrogens is 3. The lowest BCUT2D eigenvalue weighted by Crippen LogP contribution is -2.32. The molecule has 1 amide bonds. The number of benzene rings is 3. The molecule has 0 radical (unpaired) electrons. The van der Waals surface area contributed by atoms with Crippen LogP contribution in [-0.4, -0.2) is 31.9 Å². The molecule has 0 atom stereocenters. The monoisotopic (exact) mass is 517 g/mol. The molecule has 0 aliphatic carbocycles. The van der Waals surface area contributed by atoms with Gasteiger partial charge in [-0.25, -0.2) is 9.37 Å². The second-order valence-corrected chi connectivity index (χ2v) is 9.13. The van der Waals surface area contributed by atoms with E-state index in [1.54, 1.807) is 47.8 Å². The molecule has 0 bridgehead atoms. The smallest absolute Gasteiger partial charge is 0.295 e. The lowest BCUT2D eigenvalue weighted by atomic mass is 10.1. The third kappa shape index (κ3) is 6.34. The molecule has 1 N–H and O–H groups in total. The van der Waals surface area contributed by atoms with Crippen LogP contribution in [0.3, 0.4) is 0 Å². The highest BCUT2D eigenvalue weighted by atomic mass is 35.5. The van der Waals surface area contributed by atoms with Crippen molar-refractivity contribution < 1.29 is 13.6 Å². The normalized spacial score (nSPS) is 11.1. The van der Waals surface area contributed by atoms with Gasteiger partial charge in [-0.2, -0.15) is 4.98 Å². The highest BCUT2D eigenvalue weighted by molar-refractivity contribution is 6.30. The maximum atomic E-state index is 13.5. The Morgan fingerprint density at radius 2 is 1.95 bits per heavy atom. The summed E-state index contributed by atoms with van der Waals surface area (Å²) in [5.41, 5.74) is 3.52. The fourth-order valence-electron chi connectivity index (χ4n) is 4.07. The van der Waals surface area contributed by atoms with Crippen molar-refractivity contribution in [3.05, 3.63) is 113 Å². The number of nitrogens with zero attached hydrogens (tertiary/aromatic N) is 4. The molecule has 3 aromatic carbocycles. The van der Waals surface area contributed by atoms with Gasteiger partial charge in [0, 0.05) is 49.2 Å². The molecule has 0 fully saturated rings. The lowest BCUT2D eigenvalue weighted by Gasteiger charge is -2.23. The Balaban J connectivity index is 1.31. The molecule has 2 heterocycles. The van der Waals surface area contributed by atoms with Crippen molar-refractivity contribution in [2.75, 3.05) is 11.9 Å². The summed E-state index contributed by atoms with van der Waals surface area (Å²) in [6.07, 6.45) is 6.12. The van der Waals surface area contributed by atoms with E-state index in [9.17, 15) is 9.18 Å². The maximum absolute atomic E-state index is 13.5. The predicted molar refractivity (Wildman–Crippen MR) is 141 cm³/mol. The maximum Gasteiger partial charge on any atom is 0.295 e. The van der Waals surface area contributed by atoms with E-state index in [4.69, 9.17) is 16.0 Å². The summed E-state index contributed by atoms with van der Waals surface area (Å²) in [4.78, 5) is 23.9. The summed E-state index contributed by atoms with van der Waals surface area (Å²) in [7, 11) is 0. The summed E-state index contributed by atoms with van der Waals surface area (Å²) in [6, 6.07) is 19.3. The van der Waals surface area contributed by atoms with Crippen molar-refractivity contribution in [2.24, 2.45) is 0 Å². The number of carbonyl (C=O) groups excluding carboxylic acids is 1. The number of anilines is 1. The van der Waals surface area contributed by atoms with E-state index in [1.807, 2.05) is 35.0 Å². The number of oxazole rings is 1. The molecule has 5 aromatic rings. The van der Waals surface area contributed by atoms with Crippen LogP contribution in [0.1, 0.15) is 27.9 Å². The number of halogens is 2. The number of amides is 1. The molecule has 37 heavy (non-hydrogen) atoms. The molecule has 0 saturated carbocycles. The van der Waals surface area contributed by atoms with E-state index in [-0.39, 0.29) is 11.7 Å². The Labute approximate surface area is 218 Å². The largest absolute Gasteiger partial charge is 0.424 e. The fourth-order valence-corrected chi connectivity index (χ4v) is 4.28. The first-order valence-electron chi connectivity index (χ1n) is 11.9. The molecule has 0 unspecified atom stereocenters. The number of nitrogens with one attached hydrogen (secondary N) is 1. The van der Waals surface area contributed by atoms with Crippen LogP contribution in [-0.2, 0) is 19.6 Å². The summed E-state index contributed by atoms with van der Waals surface area (Å²) in [5.74, 6) is -0.439. The van der Waals surface area contributed by atoms with Gasteiger partial charge in [-0.3, -0.25) is 4.79 Å². The highest BCUT2D eigenvalue weighted by Crippen LogP contribution is 2.22. The molecule has 2 aromatic heterocycles. The van der Waals surface area contributed by atoms with Crippen molar-refractivity contribution in [3.8, 4) is 0 Å². The summed E-state index contributed by atoms with van der Waals surface area (Å²) in [5, 5.41) is 3.82. The topological polar surface area (TPSA) is 76.2 Å². The average molecular weight is 518 g/mol. The zero-order valence-electron chi connectivity index (χ0n) is 20.0. The van der Waals surface area contributed by atoms with Gasteiger partial charge in [-0.05, 0) is 60.0 Å². The zero-order valence-corrected chi connectivity index (χ0v) is 20.7. The Hall–Kier alpha value is -4.17. The van der Waals surface area contributed by atoms with E-state index >= 15 is 0 Å². The molecule has 7 nitrogen and oxygen atoms in total. The first-order valence-corrected chi connectivity index (χ1v) is 12.3. The number of hydrogen-bond donors (Lipinski definition) is 1.